The number of anilines is 2. The van der Waals surface area contributed by atoms with Crippen molar-refractivity contribution >= 4 is 28.9 Å². The Morgan fingerprint density at radius 3 is 2.28 bits per heavy atom. The first-order chi connectivity index (χ1) is 17.3. The predicted molar refractivity (Wildman–Crippen MR) is 135 cm³/mol. The molecule has 1 atom stereocenters. The van der Waals surface area contributed by atoms with Crippen molar-refractivity contribution in [1.82, 2.24) is 5.32 Å². The van der Waals surface area contributed by atoms with Crippen LogP contribution >= 0.6 is 0 Å². The van der Waals surface area contributed by atoms with Crippen molar-refractivity contribution in [1.29, 1.82) is 0 Å². The number of halogens is 1. The summed E-state index contributed by atoms with van der Waals surface area (Å²) in [6.07, 6.45) is 1.22. The van der Waals surface area contributed by atoms with Crippen molar-refractivity contribution in [3.63, 3.8) is 0 Å². The quantitative estimate of drug-likeness (QED) is 0.355. The highest BCUT2D eigenvalue weighted by Gasteiger charge is 2.28. The van der Waals surface area contributed by atoms with Gasteiger partial charge < -0.3 is 15.5 Å². The summed E-state index contributed by atoms with van der Waals surface area (Å²) in [4.78, 5) is 38.1. The van der Waals surface area contributed by atoms with E-state index in [-0.39, 0.29) is 34.4 Å². The number of amides is 2. The fraction of sp³-hybridized carbons (Fsp3) is 0.259. The summed E-state index contributed by atoms with van der Waals surface area (Å²) in [5, 5.41) is 17.1. The van der Waals surface area contributed by atoms with Crippen LogP contribution in [0.15, 0.2) is 72.8 Å². The van der Waals surface area contributed by atoms with Crippen LogP contribution in [-0.2, 0) is 4.79 Å². The lowest BCUT2D eigenvalue weighted by molar-refractivity contribution is -0.384. The number of carbonyl (C=O) groups is 2. The molecule has 1 aliphatic rings. The van der Waals surface area contributed by atoms with Crippen LogP contribution in [0.3, 0.4) is 0 Å². The molecule has 0 aromatic heterocycles. The summed E-state index contributed by atoms with van der Waals surface area (Å²) in [5.74, 6) is -0.951. The molecule has 0 aliphatic carbocycles. The molecule has 8 nitrogen and oxygen atoms in total. The molecule has 0 saturated carbocycles. The van der Waals surface area contributed by atoms with Gasteiger partial charge in [-0.05, 0) is 67.8 Å². The first kappa shape index (κ1) is 24.8. The Balaban J connectivity index is 1.29. The standard InChI is InChI=1S/C27H27FN4O4/c1-18(19-8-12-23(13-9-19)30-27(34)20-6-10-22(28)11-7-20)29-26(33)21-14-16-31(17-15-21)24-4-2-3-5-25(24)32(35)36/h2-13,18,21H,14-17H2,1H3,(H,29,33)(H,30,34). The number of hydrogen-bond acceptors (Lipinski definition) is 5. The second-order valence-electron chi connectivity index (χ2n) is 8.82. The molecule has 0 bridgehead atoms. The van der Waals surface area contributed by atoms with E-state index in [1.165, 1.54) is 30.3 Å². The van der Waals surface area contributed by atoms with Gasteiger partial charge in [-0.25, -0.2) is 4.39 Å². The van der Waals surface area contributed by atoms with Crippen LogP contribution in [0.2, 0.25) is 0 Å². The van der Waals surface area contributed by atoms with E-state index in [1.807, 2.05) is 24.0 Å². The Morgan fingerprint density at radius 1 is 1.00 bits per heavy atom. The van der Waals surface area contributed by atoms with Crippen molar-refractivity contribution in [2.45, 2.75) is 25.8 Å². The second kappa shape index (κ2) is 11.0. The number of nitro benzene ring substituents is 1. The lowest BCUT2D eigenvalue weighted by Crippen LogP contribution is -2.41. The number of nitrogens with one attached hydrogen (secondary N) is 2. The molecule has 2 amide bonds. The fourth-order valence-corrected chi connectivity index (χ4v) is 4.34. The highest BCUT2D eigenvalue weighted by molar-refractivity contribution is 6.04. The summed E-state index contributed by atoms with van der Waals surface area (Å²) in [7, 11) is 0. The van der Waals surface area contributed by atoms with E-state index >= 15 is 0 Å². The minimum absolute atomic E-state index is 0.0431. The van der Waals surface area contributed by atoms with Crippen molar-refractivity contribution in [2.24, 2.45) is 5.92 Å². The smallest absolute Gasteiger partial charge is 0.292 e. The molecule has 2 N–H and O–H groups in total. The van der Waals surface area contributed by atoms with Crippen molar-refractivity contribution in [2.75, 3.05) is 23.3 Å². The number of carbonyl (C=O) groups excluding carboxylic acids is 2. The molecule has 0 radical (unpaired) electrons. The molecule has 1 aliphatic heterocycles. The van der Waals surface area contributed by atoms with Gasteiger partial charge in [-0.2, -0.15) is 0 Å². The van der Waals surface area contributed by atoms with Gasteiger partial charge in [0.05, 0.1) is 11.0 Å². The maximum atomic E-state index is 13.0. The topological polar surface area (TPSA) is 105 Å². The molecular formula is C27H27FN4O4. The zero-order chi connectivity index (χ0) is 25.7. The first-order valence-corrected chi connectivity index (χ1v) is 11.8. The summed E-state index contributed by atoms with van der Waals surface area (Å²) >= 11 is 0. The number of benzene rings is 3. The molecule has 1 unspecified atom stereocenters. The molecule has 3 aromatic carbocycles. The Hall–Kier alpha value is -4.27. The lowest BCUT2D eigenvalue weighted by Gasteiger charge is -2.33. The summed E-state index contributed by atoms with van der Waals surface area (Å²) in [5.41, 5.74) is 2.50. The van der Waals surface area contributed by atoms with E-state index in [2.05, 4.69) is 10.6 Å². The van der Waals surface area contributed by atoms with Gasteiger partial charge >= 0.3 is 0 Å². The molecule has 4 rings (SSSR count). The van der Waals surface area contributed by atoms with Gasteiger partial charge in [0.15, 0.2) is 0 Å². The average Bonchev–Trinajstić information content (AvgIpc) is 2.89. The van der Waals surface area contributed by atoms with Crippen LogP contribution in [0.4, 0.5) is 21.5 Å². The lowest BCUT2D eigenvalue weighted by atomic mass is 9.94. The largest absolute Gasteiger partial charge is 0.366 e. The van der Waals surface area contributed by atoms with Gasteiger partial charge in [0.2, 0.25) is 5.91 Å². The van der Waals surface area contributed by atoms with Gasteiger partial charge in [-0.1, -0.05) is 24.3 Å². The van der Waals surface area contributed by atoms with Crippen LogP contribution in [0.25, 0.3) is 0 Å². The molecule has 3 aromatic rings. The number of nitro groups is 1. The minimum Gasteiger partial charge on any atom is -0.366 e. The van der Waals surface area contributed by atoms with E-state index in [4.69, 9.17) is 0 Å². The zero-order valence-corrected chi connectivity index (χ0v) is 19.8. The van der Waals surface area contributed by atoms with E-state index in [9.17, 15) is 24.1 Å². The van der Waals surface area contributed by atoms with Crippen LogP contribution in [-0.4, -0.2) is 29.8 Å². The van der Waals surface area contributed by atoms with Crippen molar-refractivity contribution in [3.8, 4) is 0 Å². The third-order valence-electron chi connectivity index (χ3n) is 6.42. The molecule has 0 spiro atoms. The molecule has 1 heterocycles. The number of para-hydroxylation sites is 2. The Kier molecular flexibility index (Phi) is 7.58. The van der Waals surface area contributed by atoms with Crippen LogP contribution in [0, 0.1) is 21.8 Å². The maximum absolute atomic E-state index is 13.0. The molecule has 1 saturated heterocycles. The first-order valence-electron chi connectivity index (χ1n) is 11.8. The monoisotopic (exact) mass is 490 g/mol. The summed E-state index contributed by atoms with van der Waals surface area (Å²) in [6, 6.07) is 18.9. The molecule has 36 heavy (non-hydrogen) atoms. The second-order valence-corrected chi connectivity index (χ2v) is 8.82. The highest BCUT2D eigenvalue weighted by atomic mass is 19.1. The Labute approximate surface area is 208 Å². The number of piperidine rings is 1. The molecular weight excluding hydrogens is 463 g/mol. The van der Waals surface area contributed by atoms with Gasteiger partial charge in [0.1, 0.15) is 11.5 Å². The van der Waals surface area contributed by atoms with Crippen molar-refractivity contribution in [3.05, 3.63) is 99.9 Å². The van der Waals surface area contributed by atoms with Crippen LogP contribution in [0.5, 0.6) is 0 Å². The number of nitrogens with zero attached hydrogens (tertiary/aromatic N) is 2. The summed E-state index contributed by atoms with van der Waals surface area (Å²) in [6.45, 7) is 3.03. The van der Waals surface area contributed by atoms with Crippen LogP contribution in [0.1, 0.15) is 41.7 Å². The van der Waals surface area contributed by atoms with E-state index in [0.717, 1.165) is 5.56 Å². The Bertz CT molecular complexity index is 1240. The fourth-order valence-electron chi connectivity index (χ4n) is 4.34. The third kappa shape index (κ3) is 5.86. The normalized spacial score (nSPS) is 14.7. The average molecular weight is 491 g/mol. The summed E-state index contributed by atoms with van der Waals surface area (Å²) < 4.78 is 13.0. The van der Waals surface area contributed by atoms with Gasteiger partial charge in [0.25, 0.3) is 11.6 Å². The van der Waals surface area contributed by atoms with E-state index in [0.29, 0.717) is 42.9 Å². The molecule has 9 heteroatoms. The predicted octanol–water partition coefficient (Wildman–Crippen LogP) is 5.08. The van der Waals surface area contributed by atoms with Gasteiger partial charge in [-0.3, -0.25) is 19.7 Å². The number of hydrogen-bond donors (Lipinski definition) is 2. The molecule has 186 valence electrons. The van der Waals surface area contributed by atoms with Crippen LogP contribution < -0.4 is 15.5 Å². The Morgan fingerprint density at radius 2 is 1.64 bits per heavy atom. The number of rotatable bonds is 7. The highest BCUT2D eigenvalue weighted by Crippen LogP contribution is 2.31. The van der Waals surface area contributed by atoms with Crippen molar-refractivity contribution < 1.29 is 18.9 Å². The SMILES string of the molecule is CC(NC(=O)C1CCN(c2ccccc2[N+](=O)[O-])CC1)c1ccc(NC(=O)c2ccc(F)cc2)cc1. The van der Waals surface area contributed by atoms with Gasteiger partial charge in [-0.15, -0.1) is 0 Å². The maximum Gasteiger partial charge on any atom is 0.292 e. The van der Waals surface area contributed by atoms with Gasteiger partial charge in [0, 0.05) is 36.3 Å². The minimum atomic E-state index is -0.405. The zero-order valence-electron chi connectivity index (χ0n) is 19.8. The van der Waals surface area contributed by atoms with E-state index < -0.39 is 5.82 Å². The molecule has 1 fully saturated rings. The third-order valence-corrected chi connectivity index (χ3v) is 6.42. The van der Waals surface area contributed by atoms with E-state index in [1.54, 1.807) is 30.3 Å².